The SMILES string of the molecule is Cc1ccc2occ(CN(Cc3ccccc3)C(=O)CN(C[C@@H]3CCCO3)S(=O)(=O)/C=C/c3ccccc3)c(=O)c2c1. The number of rotatable bonds is 11. The number of carbonyl (C=O) groups excluding carboxylic acids is 1. The highest BCUT2D eigenvalue weighted by atomic mass is 32.2. The van der Waals surface area contributed by atoms with Crippen LogP contribution < -0.4 is 5.43 Å². The van der Waals surface area contributed by atoms with Crippen LogP contribution in [0.3, 0.4) is 0 Å². The molecule has 5 rings (SSSR count). The van der Waals surface area contributed by atoms with Crippen molar-refractivity contribution in [2.45, 2.75) is 39.0 Å². The lowest BCUT2D eigenvalue weighted by Gasteiger charge is -2.28. The Labute approximate surface area is 245 Å². The van der Waals surface area contributed by atoms with E-state index < -0.39 is 22.5 Å². The van der Waals surface area contributed by atoms with Gasteiger partial charge in [-0.05, 0) is 49.1 Å². The van der Waals surface area contributed by atoms with Gasteiger partial charge in [0.25, 0.3) is 0 Å². The van der Waals surface area contributed by atoms with Gasteiger partial charge >= 0.3 is 0 Å². The molecule has 0 radical (unpaired) electrons. The van der Waals surface area contributed by atoms with Crippen LogP contribution in [0.5, 0.6) is 0 Å². The fourth-order valence-electron chi connectivity index (χ4n) is 4.98. The van der Waals surface area contributed by atoms with Crippen molar-refractivity contribution in [3.05, 3.63) is 123 Å². The number of carbonyl (C=O) groups is 1. The molecule has 1 aromatic heterocycles. The maximum Gasteiger partial charge on any atom is 0.238 e. The Bertz CT molecular complexity index is 1710. The number of hydrogen-bond donors (Lipinski definition) is 0. The number of hydrogen-bond acceptors (Lipinski definition) is 6. The van der Waals surface area contributed by atoms with Crippen molar-refractivity contribution in [1.29, 1.82) is 0 Å². The normalized spacial score (nSPS) is 15.5. The summed E-state index contributed by atoms with van der Waals surface area (Å²) in [6.07, 6.45) is 4.16. The molecule has 4 aromatic rings. The van der Waals surface area contributed by atoms with Crippen molar-refractivity contribution in [3.8, 4) is 0 Å². The van der Waals surface area contributed by atoms with Gasteiger partial charge in [0.05, 0.1) is 36.4 Å². The summed E-state index contributed by atoms with van der Waals surface area (Å²) < 4.78 is 39.7. The summed E-state index contributed by atoms with van der Waals surface area (Å²) in [5.74, 6) is -0.433. The average molecular weight is 587 g/mol. The van der Waals surface area contributed by atoms with Crippen molar-refractivity contribution < 1.29 is 22.4 Å². The van der Waals surface area contributed by atoms with Gasteiger partial charge in [-0.15, -0.1) is 0 Å². The van der Waals surface area contributed by atoms with Crippen LogP contribution in [0.2, 0.25) is 0 Å². The summed E-state index contributed by atoms with van der Waals surface area (Å²) in [4.78, 5) is 28.8. The molecule has 2 heterocycles. The van der Waals surface area contributed by atoms with Gasteiger partial charge in [-0.2, -0.15) is 4.31 Å². The third-order valence-corrected chi connectivity index (χ3v) is 8.74. The fourth-order valence-corrected chi connectivity index (χ4v) is 6.14. The molecule has 3 aromatic carbocycles. The smallest absolute Gasteiger partial charge is 0.238 e. The third-order valence-electron chi connectivity index (χ3n) is 7.26. The van der Waals surface area contributed by atoms with E-state index in [-0.39, 0.29) is 31.2 Å². The zero-order valence-corrected chi connectivity index (χ0v) is 24.3. The lowest BCUT2D eigenvalue weighted by molar-refractivity contribution is -0.132. The van der Waals surface area contributed by atoms with Crippen molar-refractivity contribution >= 4 is 33.0 Å². The van der Waals surface area contributed by atoms with E-state index in [0.29, 0.717) is 29.6 Å². The lowest BCUT2D eigenvalue weighted by atomic mass is 10.1. The summed E-state index contributed by atoms with van der Waals surface area (Å²) in [6.45, 7) is 2.28. The third kappa shape index (κ3) is 7.42. The fraction of sp³-hybridized carbons (Fsp3) is 0.273. The number of aryl methyl sites for hydroxylation is 1. The zero-order chi connectivity index (χ0) is 29.5. The minimum Gasteiger partial charge on any atom is -0.464 e. The molecule has 9 heteroatoms. The van der Waals surface area contributed by atoms with E-state index in [4.69, 9.17) is 9.15 Å². The highest BCUT2D eigenvalue weighted by Crippen LogP contribution is 2.19. The zero-order valence-electron chi connectivity index (χ0n) is 23.5. The van der Waals surface area contributed by atoms with Crippen LogP contribution in [-0.4, -0.2) is 49.3 Å². The molecule has 1 atom stereocenters. The van der Waals surface area contributed by atoms with E-state index in [1.165, 1.54) is 21.5 Å². The number of fused-ring (bicyclic) bond motifs is 1. The number of nitrogens with zero attached hydrogens (tertiary/aromatic N) is 2. The Kier molecular flexibility index (Phi) is 9.31. The highest BCUT2D eigenvalue weighted by molar-refractivity contribution is 7.92. The highest BCUT2D eigenvalue weighted by Gasteiger charge is 2.30. The summed E-state index contributed by atoms with van der Waals surface area (Å²) in [6, 6.07) is 23.9. The predicted octanol–water partition coefficient (Wildman–Crippen LogP) is 5.11. The van der Waals surface area contributed by atoms with Crippen molar-refractivity contribution in [3.63, 3.8) is 0 Å². The summed E-state index contributed by atoms with van der Waals surface area (Å²) >= 11 is 0. The lowest BCUT2D eigenvalue weighted by Crippen LogP contribution is -2.44. The quantitative estimate of drug-likeness (QED) is 0.242. The Morgan fingerprint density at radius 2 is 1.74 bits per heavy atom. The van der Waals surface area contributed by atoms with Crippen LogP contribution in [0, 0.1) is 6.92 Å². The molecule has 1 amide bonds. The van der Waals surface area contributed by atoms with E-state index in [0.717, 1.165) is 28.5 Å². The van der Waals surface area contributed by atoms with Gasteiger partial charge in [0.15, 0.2) is 5.43 Å². The molecule has 0 unspecified atom stereocenters. The van der Waals surface area contributed by atoms with E-state index in [9.17, 15) is 18.0 Å². The molecule has 1 aliphatic rings. The topological polar surface area (TPSA) is 97.1 Å². The van der Waals surface area contributed by atoms with Crippen LogP contribution in [0.1, 0.15) is 35.1 Å². The molecule has 0 saturated carbocycles. The first kappa shape index (κ1) is 29.4. The molecule has 0 bridgehead atoms. The predicted molar refractivity (Wildman–Crippen MR) is 163 cm³/mol. The van der Waals surface area contributed by atoms with Crippen molar-refractivity contribution in [1.82, 2.24) is 9.21 Å². The molecular weight excluding hydrogens is 552 g/mol. The van der Waals surface area contributed by atoms with Crippen LogP contribution in [0.4, 0.5) is 0 Å². The summed E-state index contributed by atoms with van der Waals surface area (Å²) in [7, 11) is -3.98. The summed E-state index contributed by atoms with van der Waals surface area (Å²) in [5.41, 5.74) is 3.06. The van der Waals surface area contributed by atoms with E-state index >= 15 is 0 Å². The minimum atomic E-state index is -3.98. The van der Waals surface area contributed by atoms with E-state index in [1.54, 1.807) is 24.3 Å². The molecule has 8 nitrogen and oxygen atoms in total. The monoisotopic (exact) mass is 586 g/mol. The van der Waals surface area contributed by atoms with E-state index in [1.807, 2.05) is 61.5 Å². The molecule has 42 heavy (non-hydrogen) atoms. The first-order valence-corrected chi connectivity index (χ1v) is 15.5. The van der Waals surface area contributed by atoms with Gasteiger partial charge < -0.3 is 14.1 Å². The van der Waals surface area contributed by atoms with Gasteiger partial charge in [-0.25, -0.2) is 8.42 Å². The molecule has 1 saturated heterocycles. The maximum atomic E-state index is 13.9. The Balaban J connectivity index is 1.44. The second-order valence-corrected chi connectivity index (χ2v) is 12.3. The Morgan fingerprint density at radius 1 is 1.00 bits per heavy atom. The number of benzene rings is 3. The van der Waals surface area contributed by atoms with Crippen LogP contribution in [0.15, 0.2) is 99.7 Å². The number of amides is 1. The van der Waals surface area contributed by atoms with E-state index in [2.05, 4.69) is 0 Å². The number of sulfonamides is 1. The largest absolute Gasteiger partial charge is 0.464 e. The van der Waals surface area contributed by atoms with Crippen molar-refractivity contribution in [2.24, 2.45) is 0 Å². The Hall–Kier alpha value is -4.05. The molecule has 0 spiro atoms. The van der Waals surface area contributed by atoms with Gasteiger partial charge in [-0.1, -0.05) is 72.3 Å². The average Bonchev–Trinajstić information content (AvgIpc) is 3.51. The first-order chi connectivity index (χ1) is 20.3. The van der Waals surface area contributed by atoms with Crippen LogP contribution in [0.25, 0.3) is 17.0 Å². The second-order valence-electron chi connectivity index (χ2n) is 10.5. The van der Waals surface area contributed by atoms with Gasteiger partial charge in [0.2, 0.25) is 15.9 Å². The maximum absolute atomic E-state index is 13.9. The summed E-state index contributed by atoms with van der Waals surface area (Å²) in [5, 5.41) is 1.57. The molecule has 0 aliphatic carbocycles. The standard InChI is InChI=1S/C33H34N2O6S/c1-25-14-15-31-30(19-25)33(37)28(24-41-31)21-34(20-27-11-6-3-7-12-27)32(36)23-35(22-29-13-8-17-40-29)42(38,39)18-16-26-9-4-2-5-10-26/h2-7,9-12,14-16,18-19,24,29H,8,13,17,20-23H2,1H3/b18-16+/t29-/m0/s1. The number of ether oxygens (including phenoxy) is 1. The molecular formula is C33H34N2O6S. The van der Waals surface area contributed by atoms with Gasteiger partial charge in [0, 0.05) is 25.1 Å². The van der Waals surface area contributed by atoms with Crippen LogP contribution in [-0.2, 0) is 32.6 Å². The molecule has 0 N–H and O–H groups in total. The molecule has 1 fully saturated rings. The van der Waals surface area contributed by atoms with Gasteiger partial charge in [-0.3, -0.25) is 9.59 Å². The molecule has 218 valence electrons. The second kappa shape index (κ2) is 13.3. The van der Waals surface area contributed by atoms with Gasteiger partial charge in [0.1, 0.15) is 5.58 Å². The Morgan fingerprint density at radius 3 is 2.45 bits per heavy atom. The first-order valence-electron chi connectivity index (χ1n) is 14.0. The van der Waals surface area contributed by atoms with Crippen molar-refractivity contribution in [2.75, 3.05) is 19.7 Å². The van der Waals surface area contributed by atoms with Crippen LogP contribution >= 0.6 is 0 Å². The molecule has 1 aliphatic heterocycles. The minimum absolute atomic E-state index is 0.0341.